The first-order valence-corrected chi connectivity index (χ1v) is 8.09. The number of hydrogen-bond acceptors (Lipinski definition) is 4. The summed E-state index contributed by atoms with van der Waals surface area (Å²) in [5, 5.41) is 11.1. The molecule has 0 fully saturated rings. The summed E-state index contributed by atoms with van der Waals surface area (Å²) in [6.07, 6.45) is 0.593. The van der Waals surface area contributed by atoms with Gasteiger partial charge in [0, 0.05) is 29.6 Å². The van der Waals surface area contributed by atoms with E-state index in [0.717, 1.165) is 18.1 Å². The first-order valence-electron chi connectivity index (χ1n) is 7.72. The van der Waals surface area contributed by atoms with E-state index in [-0.39, 0.29) is 24.0 Å². The summed E-state index contributed by atoms with van der Waals surface area (Å²) in [4.78, 5) is 8.87. The van der Waals surface area contributed by atoms with Crippen LogP contribution in [0.3, 0.4) is 0 Å². The Labute approximate surface area is 164 Å². The van der Waals surface area contributed by atoms with Crippen molar-refractivity contribution in [2.75, 3.05) is 13.1 Å². The minimum absolute atomic E-state index is 0. The number of guanidine groups is 1. The van der Waals surface area contributed by atoms with Gasteiger partial charge in [0.15, 0.2) is 5.96 Å². The molecule has 0 bridgehead atoms. The molecule has 1 aromatic carbocycles. The lowest BCUT2D eigenvalue weighted by molar-refractivity contribution is 0.380. The van der Waals surface area contributed by atoms with E-state index in [1.165, 1.54) is 0 Å². The lowest BCUT2D eigenvalue weighted by Crippen LogP contribution is -2.41. The van der Waals surface area contributed by atoms with Crippen molar-refractivity contribution in [1.82, 2.24) is 20.8 Å². The molecule has 6 nitrogen and oxygen atoms in total. The molecule has 0 spiro atoms. The monoisotopic (exact) mass is 463 g/mol. The van der Waals surface area contributed by atoms with Gasteiger partial charge in [0.1, 0.15) is 0 Å². The molecule has 0 amide bonds. The van der Waals surface area contributed by atoms with E-state index in [1.807, 2.05) is 19.1 Å². The maximum Gasteiger partial charge on any atom is 0.228 e. The molecule has 1 aromatic heterocycles. The Balaban J connectivity index is 0.00000288. The first-order chi connectivity index (χ1) is 11.1. The molecule has 132 valence electrons. The van der Waals surface area contributed by atoms with Crippen LogP contribution in [0.5, 0.6) is 0 Å². The lowest BCUT2D eigenvalue weighted by Gasteiger charge is -2.13. The Hall–Kier alpha value is -1.35. The normalized spacial score (nSPS) is 11.3. The third kappa shape index (κ3) is 6.64. The topological polar surface area (TPSA) is 75.3 Å². The molecule has 0 atom stereocenters. The molecule has 0 aliphatic carbocycles. The van der Waals surface area contributed by atoms with Gasteiger partial charge in [-0.15, -0.1) is 24.0 Å². The second-order valence-corrected chi connectivity index (χ2v) is 5.76. The van der Waals surface area contributed by atoms with E-state index < -0.39 is 0 Å². The van der Waals surface area contributed by atoms with Gasteiger partial charge in [0.25, 0.3) is 0 Å². The zero-order valence-electron chi connectivity index (χ0n) is 14.0. The van der Waals surface area contributed by atoms with E-state index in [0.29, 0.717) is 35.7 Å². The van der Waals surface area contributed by atoms with Crippen LogP contribution in [0.25, 0.3) is 11.4 Å². The molecule has 0 unspecified atom stereocenters. The average molecular weight is 464 g/mol. The summed E-state index contributed by atoms with van der Waals surface area (Å²) < 4.78 is 5.27. The van der Waals surface area contributed by atoms with Crippen LogP contribution >= 0.6 is 35.6 Å². The smallest absolute Gasteiger partial charge is 0.228 e. The van der Waals surface area contributed by atoms with E-state index >= 15 is 0 Å². The third-order valence-corrected chi connectivity index (χ3v) is 3.19. The van der Waals surface area contributed by atoms with Gasteiger partial charge in [0.05, 0.1) is 6.54 Å². The molecule has 0 aliphatic heterocycles. The highest BCUT2D eigenvalue weighted by molar-refractivity contribution is 14.0. The van der Waals surface area contributed by atoms with E-state index in [9.17, 15) is 0 Å². The van der Waals surface area contributed by atoms with Crippen molar-refractivity contribution in [3.05, 3.63) is 35.2 Å². The van der Waals surface area contributed by atoms with Crippen LogP contribution in [-0.2, 0) is 6.42 Å². The molecule has 2 N–H and O–H groups in total. The van der Waals surface area contributed by atoms with Gasteiger partial charge in [-0.2, -0.15) is 4.98 Å². The number of hydrogen-bond donors (Lipinski definition) is 2. The third-order valence-electron chi connectivity index (χ3n) is 2.94. The van der Waals surface area contributed by atoms with Crippen molar-refractivity contribution in [1.29, 1.82) is 0 Å². The van der Waals surface area contributed by atoms with Gasteiger partial charge in [0.2, 0.25) is 11.7 Å². The number of aliphatic imine (C=N–C) groups is 1. The zero-order valence-corrected chi connectivity index (χ0v) is 17.1. The summed E-state index contributed by atoms with van der Waals surface area (Å²) in [6.45, 7) is 7.57. The molecule has 2 aromatic rings. The molecule has 24 heavy (non-hydrogen) atoms. The van der Waals surface area contributed by atoms with Crippen molar-refractivity contribution < 1.29 is 4.52 Å². The van der Waals surface area contributed by atoms with Crippen molar-refractivity contribution in [3.63, 3.8) is 0 Å². The Morgan fingerprint density at radius 1 is 1.29 bits per heavy atom. The molecule has 0 radical (unpaired) electrons. The summed E-state index contributed by atoms with van der Waals surface area (Å²) in [6, 6.07) is 7.66. The summed E-state index contributed by atoms with van der Waals surface area (Å²) in [5.41, 5.74) is 0.878. The number of benzene rings is 1. The van der Waals surface area contributed by atoms with Crippen LogP contribution in [0.15, 0.2) is 33.8 Å². The molecule has 1 heterocycles. The number of aromatic nitrogens is 2. The van der Waals surface area contributed by atoms with Gasteiger partial charge in [-0.1, -0.05) is 16.8 Å². The van der Waals surface area contributed by atoms with Crippen LogP contribution in [0.4, 0.5) is 0 Å². The second kappa shape index (κ2) is 10.5. The molecular weight excluding hydrogens is 441 g/mol. The van der Waals surface area contributed by atoms with Crippen molar-refractivity contribution in [2.24, 2.45) is 4.99 Å². The van der Waals surface area contributed by atoms with Crippen molar-refractivity contribution in [3.8, 4) is 11.4 Å². The van der Waals surface area contributed by atoms with E-state index in [4.69, 9.17) is 16.1 Å². The zero-order chi connectivity index (χ0) is 16.7. The van der Waals surface area contributed by atoms with Crippen LogP contribution < -0.4 is 10.6 Å². The SMILES string of the molecule is CCNC(=NCCc1nc(-c2ccc(Cl)cc2)no1)NC(C)C.I. The Kier molecular flexibility index (Phi) is 9.05. The quantitative estimate of drug-likeness (QED) is 0.389. The highest BCUT2D eigenvalue weighted by Gasteiger charge is 2.08. The molecule has 2 rings (SSSR count). The highest BCUT2D eigenvalue weighted by Crippen LogP contribution is 2.18. The maximum atomic E-state index is 5.87. The van der Waals surface area contributed by atoms with E-state index in [1.54, 1.807) is 12.1 Å². The Bertz CT molecular complexity index is 642. The summed E-state index contributed by atoms with van der Waals surface area (Å²) in [5.74, 6) is 1.92. The van der Waals surface area contributed by atoms with Gasteiger partial charge in [-0.05, 0) is 45.0 Å². The summed E-state index contributed by atoms with van der Waals surface area (Å²) >= 11 is 5.87. The van der Waals surface area contributed by atoms with E-state index in [2.05, 4.69) is 39.6 Å². The number of halogens is 2. The summed E-state index contributed by atoms with van der Waals surface area (Å²) in [7, 11) is 0. The minimum atomic E-state index is 0. The fourth-order valence-corrected chi connectivity index (χ4v) is 2.06. The number of rotatable bonds is 6. The fourth-order valence-electron chi connectivity index (χ4n) is 1.93. The molecule has 0 saturated heterocycles. The fraction of sp³-hybridized carbons (Fsp3) is 0.438. The van der Waals surface area contributed by atoms with Crippen LogP contribution in [0, 0.1) is 0 Å². The molecular formula is C16H23ClIN5O. The van der Waals surface area contributed by atoms with Gasteiger partial charge in [-0.3, -0.25) is 4.99 Å². The Morgan fingerprint density at radius 3 is 2.62 bits per heavy atom. The van der Waals surface area contributed by atoms with Gasteiger partial charge in [-0.25, -0.2) is 0 Å². The van der Waals surface area contributed by atoms with Crippen LogP contribution in [0.2, 0.25) is 5.02 Å². The predicted octanol–water partition coefficient (Wildman–Crippen LogP) is 3.51. The van der Waals surface area contributed by atoms with Crippen LogP contribution in [0.1, 0.15) is 26.7 Å². The first kappa shape index (κ1) is 20.7. The maximum absolute atomic E-state index is 5.87. The van der Waals surface area contributed by atoms with Crippen molar-refractivity contribution in [2.45, 2.75) is 33.2 Å². The molecule has 8 heteroatoms. The largest absolute Gasteiger partial charge is 0.357 e. The van der Waals surface area contributed by atoms with Crippen molar-refractivity contribution >= 4 is 41.5 Å². The standard InChI is InChI=1S/C16H22ClN5O.HI/c1-4-18-16(20-11(2)3)19-10-9-14-21-15(22-23-14)12-5-7-13(17)8-6-12;/h5-8,11H,4,9-10H2,1-3H3,(H2,18,19,20);1H. The highest BCUT2D eigenvalue weighted by atomic mass is 127. The Morgan fingerprint density at radius 2 is 2.00 bits per heavy atom. The lowest BCUT2D eigenvalue weighted by atomic mass is 10.2. The average Bonchev–Trinajstić information content (AvgIpc) is 2.96. The predicted molar refractivity (Wildman–Crippen MR) is 108 cm³/mol. The molecule has 0 saturated carbocycles. The van der Waals surface area contributed by atoms with Crippen LogP contribution in [-0.4, -0.2) is 35.2 Å². The number of nitrogens with one attached hydrogen (secondary N) is 2. The number of nitrogens with zero attached hydrogens (tertiary/aromatic N) is 3. The van der Waals surface area contributed by atoms with Gasteiger partial charge >= 0.3 is 0 Å². The molecule has 0 aliphatic rings. The second-order valence-electron chi connectivity index (χ2n) is 5.33. The minimum Gasteiger partial charge on any atom is -0.357 e. The van der Waals surface area contributed by atoms with Gasteiger partial charge < -0.3 is 15.2 Å².